The molecule has 0 aromatic heterocycles. The van der Waals surface area contributed by atoms with E-state index < -0.39 is 5.97 Å². The van der Waals surface area contributed by atoms with E-state index in [1.807, 2.05) is 0 Å². The first kappa shape index (κ1) is 13.9. The number of hydrogen-bond acceptors (Lipinski definition) is 4. The zero-order valence-electron chi connectivity index (χ0n) is 10.3. The van der Waals surface area contributed by atoms with Gasteiger partial charge in [0.1, 0.15) is 0 Å². The molecule has 1 rings (SSSR count). The number of nitrogens with two attached hydrogens (primary N) is 1. The molecule has 1 heterocycles. The molecule has 0 unspecified atom stereocenters. The van der Waals surface area contributed by atoms with Gasteiger partial charge < -0.3 is 15.7 Å². The Hall–Kier alpha value is -1.14. The van der Waals surface area contributed by atoms with Crippen LogP contribution in [-0.2, 0) is 9.59 Å². The highest BCUT2D eigenvalue weighted by Gasteiger charge is 2.19. The lowest BCUT2D eigenvalue weighted by atomic mass is 10.1. The normalized spacial score (nSPS) is 18.0. The van der Waals surface area contributed by atoms with Gasteiger partial charge in [-0.05, 0) is 12.8 Å². The third-order valence-electron chi connectivity index (χ3n) is 3.08. The van der Waals surface area contributed by atoms with Crippen molar-refractivity contribution in [2.45, 2.75) is 25.3 Å². The molecule has 0 radical (unpaired) electrons. The monoisotopic (exact) mass is 243 g/mol. The highest BCUT2D eigenvalue weighted by molar-refractivity contribution is 5.78. The Kier molecular flexibility index (Phi) is 5.37. The number of piperidine rings is 1. The predicted octanol–water partition coefficient (Wildman–Crippen LogP) is -0.657. The average molecular weight is 243 g/mol. The first-order valence-corrected chi connectivity index (χ1v) is 5.92. The van der Waals surface area contributed by atoms with Gasteiger partial charge in [0.15, 0.2) is 0 Å². The number of likely N-dealkylation sites (tertiary alicyclic amines) is 1. The molecule has 17 heavy (non-hydrogen) atoms. The summed E-state index contributed by atoms with van der Waals surface area (Å²) < 4.78 is 0. The summed E-state index contributed by atoms with van der Waals surface area (Å²) in [5, 5.41) is 8.53. The number of likely N-dealkylation sites (N-methyl/N-ethyl adjacent to an activating group) is 1. The van der Waals surface area contributed by atoms with Crippen LogP contribution in [0.4, 0.5) is 0 Å². The molecule has 6 nitrogen and oxygen atoms in total. The zero-order chi connectivity index (χ0) is 12.8. The SMILES string of the molecule is CN(CCC(=O)O)C(=O)CN1CCC(N)CC1. The molecule has 3 N–H and O–H groups in total. The Morgan fingerprint density at radius 1 is 1.41 bits per heavy atom. The number of carbonyl (C=O) groups is 2. The number of aliphatic carboxylic acids is 1. The number of carbonyl (C=O) groups excluding carboxylic acids is 1. The van der Waals surface area contributed by atoms with Gasteiger partial charge in [-0.2, -0.15) is 0 Å². The molecule has 6 heteroatoms. The second-order valence-electron chi connectivity index (χ2n) is 4.57. The quantitative estimate of drug-likeness (QED) is 0.669. The maximum Gasteiger partial charge on any atom is 0.305 e. The predicted molar refractivity (Wildman–Crippen MR) is 63.5 cm³/mol. The van der Waals surface area contributed by atoms with Gasteiger partial charge >= 0.3 is 5.97 Å². The van der Waals surface area contributed by atoms with Crippen molar-refractivity contribution < 1.29 is 14.7 Å². The van der Waals surface area contributed by atoms with Crippen molar-refractivity contribution in [2.24, 2.45) is 5.73 Å². The lowest BCUT2D eigenvalue weighted by Crippen LogP contribution is -2.45. The molecule has 1 saturated heterocycles. The smallest absolute Gasteiger partial charge is 0.305 e. The summed E-state index contributed by atoms with van der Waals surface area (Å²) in [6, 6.07) is 0.256. The fourth-order valence-corrected chi connectivity index (χ4v) is 1.81. The molecule has 0 bridgehead atoms. The lowest BCUT2D eigenvalue weighted by molar-refractivity contribution is -0.138. The first-order valence-electron chi connectivity index (χ1n) is 5.92. The highest BCUT2D eigenvalue weighted by atomic mass is 16.4. The third kappa shape index (κ3) is 5.14. The maximum atomic E-state index is 11.8. The highest BCUT2D eigenvalue weighted by Crippen LogP contribution is 2.08. The Balaban J connectivity index is 2.25. The summed E-state index contributed by atoms with van der Waals surface area (Å²) in [5.74, 6) is -0.907. The lowest BCUT2D eigenvalue weighted by Gasteiger charge is -2.30. The third-order valence-corrected chi connectivity index (χ3v) is 3.08. The van der Waals surface area contributed by atoms with E-state index in [0.717, 1.165) is 25.9 Å². The van der Waals surface area contributed by atoms with Gasteiger partial charge in [-0.25, -0.2) is 0 Å². The van der Waals surface area contributed by atoms with Crippen LogP contribution in [0.5, 0.6) is 0 Å². The minimum Gasteiger partial charge on any atom is -0.481 e. The van der Waals surface area contributed by atoms with Gasteiger partial charge in [-0.3, -0.25) is 14.5 Å². The van der Waals surface area contributed by atoms with E-state index in [1.54, 1.807) is 7.05 Å². The molecule has 0 spiro atoms. The largest absolute Gasteiger partial charge is 0.481 e. The molecule has 0 aromatic rings. The number of nitrogens with zero attached hydrogens (tertiary/aromatic N) is 2. The number of hydrogen-bond donors (Lipinski definition) is 2. The van der Waals surface area contributed by atoms with E-state index in [1.165, 1.54) is 4.90 Å². The number of rotatable bonds is 5. The standard InChI is InChI=1S/C11H21N3O3/c1-13(5-4-11(16)17)10(15)8-14-6-2-9(12)3-7-14/h9H,2-8,12H2,1H3,(H,16,17). The molecule has 1 aliphatic rings. The summed E-state index contributed by atoms with van der Waals surface area (Å²) in [7, 11) is 1.64. The van der Waals surface area contributed by atoms with Gasteiger partial charge in [-0.15, -0.1) is 0 Å². The van der Waals surface area contributed by atoms with Crippen molar-refractivity contribution >= 4 is 11.9 Å². The molecule has 0 aliphatic carbocycles. The molecule has 1 aliphatic heterocycles. The van der Waals surface area contributed by atoms with Crippen LogP contribution >= 0.6 is 0 Å². The van der Waals surface area contributed by atoms with Crippen molar-refractivity contribution in [3.8, 4) is 0 Å². The van der Waals surface area contributed by atoms with Crippen molar-refractivity contribution in [3.05, 3.63) is 0 Å². The fourth-order valence-electron chi connectivity index (χ4n) is 1.81. The average Bonchev–Trinajstić information content (AvgIpc) is 2.28. The topological polar surface area (TPSA) is 86.9 Å². The molecule has 1 fully saturated rings. The molecular weight excluding hydrogens is 222 g/mol. The van der Waals surface area contributed by atoms with E-state index in [4.69, 9.17) is 10.8 Å². The summed E-state index contributed by atoms with van der Waals surface area (Å²) in [6.45, 7) is 2.32. The maximum absolute atomic E-state index is 11.8. The van der Waals surface area contributed by atoms with E-state index in [2.05, 4.69) is 4.90 Å². The Labute approximate surface area is 101 Å². The summed E-state index contributed by atoms with van der Waals surface area (Å²) >= 11 is 0. The molecule has 0 saturated carbocycles. The van der Waals surface area contributed by atoms with Crippen LogP contribution in [0, 0.1) is 0 Å². The number of amides is 1. The van der Waals surface area contributed by atoms with Crippen LogP contribution in [0.3, 0.4) is 0 Å². The van der Waals surface area contributed by atoms with Crippen LogP contribution in [0.15, 0.2) is 0 Å². The zero-order valence-corrected chi connectivity index (χ0v) is 10.3. The van der Waals surface area contributed by atoms with Gasteiger partial charge in [-0.1, -0.05) is 0 Å². The van der Waals surface area contributed by atoms with Crippen molar-refractivity contribution in [1.29, 1.82) is 0 Å². The molecule has 1 amide bonds. The van der Waals surface area contributed by atoms with Crippen molar-refractivity contribution in [1.82, 2.24) is 9.80 Å². The summed E-state index contributed by atoms with van der Waals surface area (Å²) in [5.41, 5.74) is 5.78. The fraction of sp³-hybridized carbons (Fsp3) is 0.818. The van der Waals surface area contributed by atoms with Gasteiger partial charge in [0, 0.05) is 32.7 Å². The van der Waals surface area contributed by atoms with E-state index >= 15 is 0 Å². The van der Waals surface area contributed by atoms with Crippen LogP contribution in [0.1, 0.15) is 19.3 Å². The van der Waals surface area contributed by atoms with E-state index in [9.17, 15) is 9.59 Å². The van der Waals surface area contributed by atoms with Crippen LogP contribution < -0.4 is 5.73 Å². The molecule has 0 atom stereocenters. The first-order chi connectivity index (χ1) is 7.99. The number of carboxylic acid groups (broad SMARTS) is 1. The second kappa shape index (κ2) is 6.56. The van der Waals surface area contributed by atoms with Crippen LogP contribution in [0.25, 0.3) is 0 Å². The Bertz CT molecular complexity index is 275. The van der Waals surface area contributed by atoms with E-state index in [0.29, 0.717) is 6.54 Å². The molecular formula is C11H21N3O3. The van der Waals surface area contributed by atoms with Crippen LogP contribution in [0.2, 0.25) is 0 Å². The minimum atomic E-state index is -0.881. The van der Waals surface area contributed by atoms with Crippen molar-refractivity contribution in [3.63, 3.8) is 0 Å². The summed E-state index contributed by atoms with van der Waals surface area (Å²) in [6.07, 6.45) is 1.84. The molecule has 0 aromatic carbocycles. The Morgan fingerprint density at radius 3 is 2.53 bits per heavy atom. The number of carboxylic acids is 1. The summed E-state index contributed by atoms with van der Waals surface area (Å²) in [4.78, 5) is 25.7. The minimum absolute atomic E-state index is 0.00683. The second-order valence-corrected chi connectivity index (χ2v) is 4.57. The van der Waals surface area contributed by atoms with Crippen molar-refractivity contribution in [2.75, 3.05) is 33.2 Å². The van der Waals surface area contributed by atoms with E-state index in [-0.39, 0.29) is 24.9 Å². The van der Waals surface area contributed by atoms with Gasteiger partial charge in [0.05, 0.1) is 13.0 Å². The van der Waals surface area contributed by atoms with Gasteiger partial charge in [0.2, 0.25) is 5.91 Å². The van der Waals surface area contributed by atoms with Crippen LogP contribution in [-0.4, -0.2) is 66.1 Å². The van der Waals surface area contributed by atoms with Gasteiger partial charge in [0.25, 0.3) is 0 Å². The molecule has 98 valence electrons. The Morgan fingerprint density at radius 2 is 2.00 bits per heavy atom.